The Kier molecular flexibility index (Phi) is 5.11. The molecule has 0 fully saturated rings. The second-order valence-corrected chi connectivity index (χ2v) is 5.49. The Labute approximate surface area is 149 Å². The maximum atomic E-state index is 12.1. The third-order valence-corrected chi connectivity index (χ3v) is 3.64. The standard InChI is InChI=1S/C18H15ClN4O2/c1-25-16-8-7-13(9-14(16)19)22-17-11-20-15(10-21-17)18(24)23-12-5-3-2-4-6-12/h2-11H,1H3,(H,21,22)(H,23,24). The highest BCUT2D eigenvalue weighted by molar-refractivity contribution is 6.32. The molecule has 1 heterocycles. The summed E-state index contributed by atoms with van der Waals surface area (Å²) in [6.45, 7) is 0. The van der Waals surface area contributed by atoms with Crippen molar-refractivity contribution in [2.75, 3.05) is 17.7 Å². The van der Waals surface area contributed by atoms with Crippen molar-refractivity contribution in [1.82, 2.24) is 9.97 Å². The molecule has 0 radical (unpaired) electrons. The zero-order valence-corrected chi connectivity index (χ0v) is 14.1. The SMILES string of the molecule is COc1ccc(Nc2cnc(C(=O)Nc3ccccc3)cn2)cc1Cl. The Morgan fingerprint density at radius 1 is 1.04 bits per heavy atom. The number of rotatable bonds is 5. The summed E-state index contributed by atoms with van der Waals surface area (Å²) < 4.78 is 5.11. The third-order valence-electron chi connectivity index (χ3n) is 3.34. The van der Waals surface area contributed by atoms with Crippen molar-refractivity contribution < 1.29 is 9.53 Å². The number of halogens is 1. The summed E-state index contributed by atoms with van der Waals surface area (Å²) in [6, 6.07) is 14.4. The van der Waals surface area contributed by atoms with Gasteiger partial charge in [0.15, 0.2) is 0 Å². The molecule has 0 unspecified atom stereocenters. The highest BCUT2D eigenvalue weighted by Gasteiger charge is 2.09. The van der Waals surface area contributed by atoms with Crippen LogP contribution in [0.3, 0.4) is 0 Å². The van der Waals surface area contributed by atoms with Crippen LogP contribution in [0.1, 0.15) is 10.5 Å². The molecular formula is C18H15ClN4O2. The number of para-hydroxylation sites is 1. The van der Waals surface area contributed by atoms with Crippen LogP contribution in [0.25, 0.3) is 0 Å². The summed E-state index contributed by atoms with van der Waals surface area (Å²) in [7, 11) is 1.55. The van der Waals surface area contributed by atoms with E-state index in [1.165, 1.54) is 12.4 Å². The molecule has 0 atom stereocenters. The lowest BCUT2D eigenvalue weighted by Gasteiger charge is -2.09. The van der Waals surface area contributed by atoms with E-state index in [9.17, 15) is 4.79 Å². The van der Waals surface area contributed by atoms with E-state index in [4.69, 9.17) is 16.3 Å². The van der Waals surface area contributed by atoms with E-state index < -0.39 is 0 Å². The fourth-order valence-electron chi connectivity index (χ4n) is 2.12. The number of hydrogen-bond acceptors (Lipinski definition) is 5. The number of ether oxygens (including phenoxy) is 1. The van der Waals surface area contributed by atoms with Crippen molar-refractivity contribution in [3.63, 3.8) is 0 Å². The fraction of sp³-hybridized carbons (Fsp3) is 0.0556. The van der Waals surface area contributed by atoms with E-state index in [-0.39, 0.29) is 11.6 Å². The first kappa shape index (κ1) is 16.7. The van der Waals surface area contributed by atoms with Crippen molar-refractivity contribution in [2.45, 2.75) is 0 Å². The molecule has 0 aliphatic carbocycles. The highest BCUT2D eigenvalue weighted by atomic mass is 35.5. The van der Waals surface area contributed by atoms with Crippen LogP contribution < -0.4 is 15.4 Å². The molecule has 6 nitrogen and oxygen atoms in total. The number of aromatic nitrogens is 2. The van der Waals surface area contributed by atoms with E-state index in [2.05, 4.69) is 20.6 Å². The van der Waals surface area contributed by atoms with Crippen LogP contribution in [0.4, 0.5) is 17.2 Å². The van der Waals surface area contributed by atoms with E-state index in [0.29, 0.717) is 22.3 Å². The summed E-state index contributed by atoms with van der Waals surface area (Å²) >= 11 is 6.09. The number of benzene rings is 2. The average Bonchev–Trinajstić information content (AvgIpc) is 2.63. The van der Waals surface area contributed by atoms with E-state index in [1.807, 2.05) is 24.3 Å². The minimum absolute atomic E-state index is 0.224. The Hall–Kier alpha value is -3.12. The number of carbonyl (C=O) groups is 1. The van der Waals surface area contributed by atoms with Crippen LogP contribution >= 0.6 is 11.6 Å². The first-order valence-electron chi connectivity index (χ1n) is 7.45. The largest absolute Gasteiger partial charge is 0.495 e. The Balaban J connectivity index is 1.67. The highest BCUT2D eigenvalue weighted by Crippen LogP contribution is 2.28. The minimum atomic E-state index is -0.322. The van der Waals surface area contributed by atoms with Crippen LogP contribution in [-0.2, 0) is 0 Å². The van der Waals surface area contributed by atoms with Gasteiger partial charge in [0, 0.05) is 11.4 Å². The smallest absolute Gasteiger partial charge is 0.275 e. The predicted molar refractivity (Wildman–Crippen MR) is 97.7 cm³/mol. The quantitative estimate of drug-likeness (QED) is 0.720. The van der Waals surface area contributed by atoms with Gasteiger partial charge in [-0.1, -0.05) is 29.8 Å². The van der Waals surface area contributed by atoms with Gasteiger partial charge in [-0.05, 0) is 30.3 Å². The molecule has 3 aromatic rings. The fourth-order valence-corrected chi connectivity index (χ4v) is 2.38. The Bertz CT molecular complexity index is 870. The van der Waals surface area contributed by atoms with Gasteiger partial charge in [0.1, 0.15) is 17.3 Å². The van der Waals surface area contributed by atoms with Gasteiger partial charge in [0.2, 0.25) is 0 Å². The number of carbonyl (C=O) groups excluding carboxylic acids is 1. The molecular weight excluding hydrogens is 340 g/mol. The van der Waals surface area contributed by atoms with Crippen molar-refractivity contribution in [3.05, 3.63) is 71.6 Å². The molecule has 25 heavy (non-hydrogen) atoms. The van der Waals surface area contributed by atoms with Crippen molar-refractivity contribution >= 4 is 34.7 Å². The van der Waals surface area contributed by atoms with Gasteiger partial charge in [0.05, 0.1) is 24.5 Å². The van der Waals surface area contributed by atoms with Gasteiger partial charge in [0.25, 0.3) is 5.91 Å². The normalized spacial score (nSPS) is 10.2. The molecule has 0 saturated heterocycles. The van der Waals surface area contributed by atoms with E-state index in [1.54, 1.807) is 31.4 Å². The lowest BCUT2D eigenvalue weighted by atomic mass is 10.3. The van der Waals surface area contributed by atoms with Gasteiger partial charge >= 0.3 is 0 Å². The van der Waals surface area contributed by atoms with Crippen molar-refractivity contribution in [3.8, 4) is 5.75 Å². The molecule has 2 aromatic carbocycles. The number of methoxy groups -OCH3 is 1. The van der Waals surface area contributed by atoms with Gasteiger partial charge in [-0.2, -0.15) is 0 Å². The van der Waals surface area contributed by atoms with E-state index >= 15 is 0 Å². The summed E-state index contributed by atoms with van der Waals surface area (Å²) in [5, 5.41) is 6.31. The van der Waals surface area contributed by atoms with Crippen LogP contribution in [0, 0.1) is 0 Å². The average molecular weight is 355 g/mol. The van der Waals surface area contributed by atoms with Gasteiger partial charge in [-0.15, -0.1) is 0 Å². The first-order valence-corrected chi connectivity index (χ1v) is 7.82. The third kappa shape index (κ3) is 4.24. The Morgan fingerprint density at radius 3 is 2.48 bits per heavy atom. The van der Waals surface area contributed by atoms with Crippen molar-refractivity contribution in [1.29, 1.82) is 0 Å². The van der Waals surface area contributed by atoms with Gasteiger partial charge in [-0.3, -0.25) is 4.79 Å². The summed E-state index contributed by atoms with van der Waals surface area (Å²) in [6.07, 6.45) is 2.89. The molecule has 126 valence electrons. The van der Waals surface area contributed by atoms with Crippen LogP contribution in [0.2, 0.25) is 5.02 Å². The second kappa shape index (κ2) is 7.63. The number of nitrogens with zero attached hydrogens (tertiary/aromatic N) is 2. The van der Waals surface area contributed by atoms with Crippen LogP contribution in [-0.4, -0.2) is 23.0 Å². The molecule has 7 heteroatoms. The maximum Gasteiger partial charge on any atom is 0.275 e. The zero-order valence-electron chi connectivity index (χ0n) is 13.4. The maximum absolute atomic E-state index is 12.1. The van der Waals surface area contributed by atoms with Gasteiger partial charge < -0.3 is 15.4 Å². The summed E-state index contributed by atoms with van der Waals surface area (Å²) in [4.78, 5) is 20.5. The zero-order chi connectivity index (χ0) is 17.6. The molecule has 0 saturated carbocycles. The number of hydrogen-bond donors (Lipinski definition) is 2. The molecule has 1 aromatic heterocycles. The molecule has 0 aliphatic heterocycles. The number of amides is 1. The van der Waals surface area contributed by atoms with Gasteiger partial charge in [-0.25, -0.2) is 9.97 Å². The molecule has 0 bridgehead atoms. The van der Waals surface area contributed by atoms with Crippen LogP contribution in [0.5, 0.6) is 5.75 Å². The molecule has 1 amide bonds. The first-order chi connectivity index (χ1) is 12.2. The van der Waals surface area contributed by atoms with Crippen LogP contribution in [0.15, 0.2) is 60.9 Å². The molecule has 3 rings (SSSR count). The number of nitrogens with one attached hydrogen (secondary N) is 2. The lowest BCUT2D eigenvalue weighted by Crippen LogP contribution is -2.14. The number of anilines is 3. The predicted octanol–water partition coefficient (Wildman–Crippen LogP) is 4.13. The van der Waals surface area contributed by atoms with Crippen molar-refractivity contribution in [2.24, 2.45) is 0 Å². The monoisotopic (exact) mass is 354 g/mol. The molecule has 0 spiro atoms. The summed E-state index contributed by atoms with van der Waals surface area (Å²) in [5.41, 5.74) is 1.66. The Morgan fingerprint density at radius 2 is 1.84 bits per heavy atom. The lowest BCUT2D eigenvalue weighted by molar-refractivity contribution is 0.102. The topological polar surface area (TPSA) is 76.1 Å². The molecule has 0 aliphatic rings. The summed E-state index contributed by atoms with van der Waals surface area (Å²) in [5.74, 6) is 0.765. The molecule has 2 N–H and O–H groups in total. The minimum Gasteiger partial charge on any atom is -0.495 e. The second-order valence-electron chi connectivity index (χ2n) is 5.08. The van der Waals surface area contributed by atoms with E-state index in [0.717, 1.165) is 5.69 Å².